The maximum atomic E-state index is 12.6. The summed E-state index contributed by atoms with van der Waals surface area (Å²) in [5.74, 6) is -1.60. The van der Waals surface area contributed by atoms with Crippen LogP contribution in [0.15, 0.2) is 23.1 Å². The van der Waals surface area contributed by atoms with E-state index in [4.69, 9.17) is 10.8 Å². The third-order valence-electron chi connectivity index (χ3n) is 3.12. The van der Waals surface area contributed by atoms with Crippen LogP contribution in [-0.2, 0) is 14.8 Å². The van der Waals surface area contributed by atoms with E-state index in [0.29, 0.717) is 0 Å². The molecule has 0 spiro atoms. The van der Waals surface area contributed by atoms with Gasteiger partial charge in [0.2, 0.25) is 15.9 Å². The highest BCUT2D eigenvalue weighted by Crippen LogP contribution is 2.23. The molecule has 1 aromatic carbocycles. The Hall–Kier alpha value is -2.13. The zero-order chi connectivity index (χ0) is 15.6. The number of nitrogen functional groups attached to an aromatic ring is 1. The highest BCUT2D eigenvalue weighted by molar-refractivity contribution is 7.89. The Bertz CT molecular complexity index is 686. The predicted molar refractivity (Wildman–Crippen MR) is 74.2 cm³/mol. The first-order valence-electron chi connectivity index (χ1n) is 6.22. The number of nitrogens with zero attached hydrogens (tertiary/aromatic N) is 1. The molecule has 1 aliphatic heterocycles. The number of carboxylic acid groups (broad SMARTS) is 1. The normalized spacial score (nSPS) is 17.0. The molecule has 1 aliphatic rings. The van der Waals surface area contributed by atoms with Crippen molar-refractivity contribution in [3.8, 4) is 0 Å². The monoisotopic (exact) mass is 313 g/mol. The minimum atomic E-state index is -4.00. The van der Waals surface area contributed by atoms with Gasteiger partial charge in [-0.15, -0.1) is 0 Å². The van der Waals surface area contributed by atoms with Gasteiger partial charge in [-0.3, -0.25) is 4.79 Å². The van der Waals surface area contributed by atoms with E-state index in [-0.39, 0.29) is 48.1 Å². The summed E-state index contributed by atoms with van der Waals surface area (Å²) in [7, 11) is -4.00. The number of amides is 1. The van der Waals surface area contributed by atoms with E-state index in [0.717, 1.165) is 10.4 Å². The van der Waals surface area contributed by atoms with Gasteiger partial charge in [-0.1, -0.05) is 0 Å². The van der Waals surface area contributed by atoms with Crippen LogP contribution in [0.1, 0.15) is 16.8 Å². The summed E-state index contributed by atoms with van der Waals surface area (Å²) in [6.07, 6.45) is 0.0383. The molecule has 1 heterocycles. The standard InChI is InChI=1S/C12H15N3O5S/c13-8-1-2-10(9(7-8)12(17)18)21(19,20)15-5-3-11(16)14-4-6-15/h1-2,7H,3-6,13H2,(H,14,16)(H,17,18). The fourth-order valence-corrected chi connectivity index (χ4v) is 3.67. The van der Waals surface area contributed by atoms with Crippen LogP contribution in [0.5, 0.6) is 0 Å². The average Bonchev–Trinajstić information content (AvgIpc) is 2.63. The Kier molecular flexibility index (Phi) is 4.14. The van der Waals surface area contributed by atoms with Crippen LogP contribution in [0.4, 0.5) is 5.69 Å². The third kappa shape index (κ3) is 3.14. The van der Waals surface area contributed by atoms with Crippen molar-refractivity contribution in [1.82, 2.24) is 9.62 Å². The fourth-order valence-electron chi connectivity index (χ4n) is 2.07. The van der Waals surface area contributed by atoms with Crippen LogP contribution in [0.3, 0.4) is 0 Å². The van der Waals surface area contributed by atoms with Crippen molar-refractivity contribution in [1.29, 1.82) is 0 Å². The molecule has 0 saturated carbocycles. The van der Waals surface area contributed by atoms with Crippen molar-refractivity contribution in [3.63, 3.8) is 0 Å². The zero-order valence-corrected chi connectivity index (χ0v) is 11.9. The van der Waals surface area contributed by atoms with Gasteiger partial charge in [0.1, 0.15) is 0 Å². The molecule has 1 saturated heterocycles. The molecule has 21 heavy (non-hydrogen) atoms. The second kappa shape index (κ2) is 5.70. The van der Waals surface area contributed by atoms with E-state index in [2.05, 4.69) is 5.32 Å². The van der Waals surface area contributed by atoms with E-state index in [1.54, 1.807) is 0 Å². The predicted octanol–water partition coefficient (Wildman–Crippen LogP) is -0.522. The molecule has 114 valence electrons. The van der Waals surface area contributed by atoms with Crippen molar-refractivity contribution < 1.29 is 23.1 Å². The van der Waals surface area contributed by atoms with Crippen LogP contribution in [0, 0.1) is 0 Å². The summed E-state index contributed by atoms with van der Waals surface area (Å²) in [6, 6.07) is 3.62. The molecular formula is C12H15N3O5S. The lowest BCUT2D eigenvalue weighted by Crippen LogP contribution is -2.35. The molecule has 0 bridgehead atoms. The quantitative estimate of drug-likeness (QED) is 0.644. The van der Waals surface area contributed by atoms with E-state index in [9.17, 15) is 18.0 Å². The number of hydrogen-bond acceptors (Lipinski definition) is 5. The number of nitrogens with one attached hydrogen (secondary N) is 1. The van der Waals surface area contributed by atoms with Gasteiger partial charge in [-0.05, 0) is 18.2 Å². The van der Waals surface area contributed by atoms with Gasteiger partial charge in [0, 0.05) is 31.7 Å². The molecule has 0 aliphatic carbocycles. The van der Waals surface area contributed by atoms with Crippen LogP contribution in [-0.4, -0.2) is 49.3 Å². The Balaban J connectivity index is 2.44. The molecule has 1 amide bonds. The molecule has 0 atom stereocenters. The number of nitrogens with two attached hydrogens (primary N) is 1. The van der Waals surface area contributed by atoms with Crippen molar-refractivity contribution in [2.24, 2.45) is 0 Å². The minimum absolute atomic E-state index is 0.0115. The number of hydrogen-bond donors (Lipinski definition) is 3. The first-order valence-corrected chi connectivity index (χ1v) is 7.66. The molecule has 2 rings (SSSR count). The fraction of sp³-hybridized carbons (Fsp3) is 0.333. The van der Waals surface area contributed by atoms with Crippen LogP contribution in [0.25, 0.3) is 0 Å². The summed E-state index contributed by atoms with van der Waals surface area (Å²) in [4.78, 5) is 22.2. The second-order valence-corrected chi connectivity index (χ2v) is 6.47. The van der Waals surface area contributed by atoms with Gasteiger partial charge < -0.3 is 16.2 Å². The van der Waals surface area contributed by atoms with Crippen LogP contribution < -0.4 is 11.1 Å². The van der Waals surface area contributed by atoms with Crippen molar-refractivity contribution in [2.75, 3.05) is 25.4 Å². The summed E-state index contributed by atoms with van der Waals surface area (Å²) in [5, 5.41) is 11.7. The first kappa shape index (κ1) is 15.3. The molecule has 0 unspecified atom stereocenters. The SMILES string of the molecule is Nc1ccc(S(=O)(=O)N2CCNC(=O)CC2)c(C(=O)O)c1. The van der Waals surface area contributed by atoms with Crippen LogP contribution in [0.2, 0.25) is 0 Å². The number of anilines is 1. The molecule has 4 N–H and O–H groups in total. The molecule has 1 fully saturated rings. The molecule has 0 radical (unpaired) electrons. The highest BCUT2D eigenvalue weighted by atomic mass is 32.2. The van der Waals surface area contributed by atoms with E-state index in [1.165, 1.54) is 12.1 Å². The lowest BCUT2D eigenvalue weighted by molar-refractivity contribution is -0.120. The third-order valence-corrected chi connectivity index (χ3v) is 5.08. The number of rotatable bonds is 3. The minimum Gasteiger partial charge on any atom is -0.478 e. The van der Waals surface area contributed by atoms with Crippen molar-refractivity contribution in [3.05, 3.63) is 23.8 Å². The van der Waals surface area contributed by atoms with E-state index < -0.39 is 16.0 Å². The van der Waals surface area contributed by atoms with E-state index in [1.807, 2.05) is 0 Å². The topological polar surface area (TPSA) is 130 Å². The molecule has 9 heteroatoms. The lowest BCUT2D eigenvalue weighted by Gasteiger charge is -2.20. The summed E-state index contributed by atoms with van der Waals surface area (Å²) in [6.45, 7) is 0.296. The van der Waals surface area contributed by atoms with Gasteiger partial charge in [0.25, 0.3) is 0 Å². The number of benzene rings is 1. The smallest absolute Gasteiger partial charge is 0.337 e. The number of carbonyl (C=O) groups excluding carboxylic acids is 1. The lowest BCUT2D eigenvalue weighted by atomic mass is 10.2. The first-order chi connectivity index (χ1) is 9.82. The summed E-state index contributed by atoms with van der Waals surface area (Å²) >= 11 is 0. The maximum Gasteiger partial charge on any atom is 0.337 e. The van der Waals surface area contributed by atoms with Gasteiger partial charge in [0.05, 0.1) is 10.5 Å². The van der Waals surface area contributed by atoms with Gasteiger partial charge >= 0.3 is 5.97 Å². The Morgan fingerprint density at radius 2 is 2.05 bits per heavy atom. The van der Waals surface area contributed by atoms with Gasteiger partial charge in [0.15, 0.2) is 0 Å². The number of carbonyl (C=O) groups is 2. The van der Waals surface area contributed by atoms with Crippen molar-refractivity contribution in [2.45, 2.75) is 11.3 Å². The van der Waals surface area contributed by atoms with Crippen LogP contribution >= 0.6 is 0 Å². The van der Waals surface area contributed by atoms with Crippen molar-refractivity contribution >= 4 is 27.6 Å². The molecule has 8 nitrogen and oxygen atoms in total. The van der Waals surface area contributed by atoms with Gasteiger partial charge in [-0.25, -0.2) is 13.2 Å². The maximum absolute atomic E-state index is 12.6. The number of aromatic carboxylic acids is 1. The Labute approximate surface area is 121 Å². The summed E-state index contributed by atoms with van der Waals surface area (Å²) in [5.41, 5.74) is 5.29. The number of carboxylic acids is 1. The highest BCUT2D eigenvalue weighted by Gasteiger charge is 2.30. The largest absolute Gasteiger partial charge is 0.478 e. The molecule has 0 aromatic heterocycles. The zero-order valence-electron chi connectivity index (χ0n) is 11.1. The Morgan fingerprint density at radius 1 is 1.33 bits per heavy atom. The molecular weight excluding hydrogens is 298 g/mol. The average molecular weight is 313 g/mol. The molecule has 1 aromatic rings. The number of sulfonamides is 1. The summed E-state index contributed by atoms with van der Waals surface area (Å²) < 4.78 is 26.2. The van der Waals surface area contributed by atoms with Gasteiger partial charge in [-0.2, -0.15) is 4.31 Å². The second-order valence-electron chi connectivity index (χ2n) is 4.56. The van der Waals surface area contributed by atoms with E-state index >= 15 is 0 Å². The Morgan fingerprint density at radius 3 is 2.71 bits per heavy atom.